The summed E-state index contributed by atoms with van der Waals surface area (Å²) in [4.78, 5) is 22.2. The lowest BCUT2D eigenvalue weighted by Gasteiger charge is -2.29. The molecule has 2 aliphatic carbocycles. The Hall–Kier alpha value is -3.02. The fourth-order valence-electron chi connectivity index (χ4n) is 4.48. The molecule has 5 nitrogen and oxygen atoms in total. The number of nitrogens with zero attached hydrogens (tertiary/aromatic N) is 2. The second-order valence-electron chi connectivity index (χ2n) is 8.49. The van der Waals surface area contributed by atoms with Crippen LogP contribution < -0.4 is 10.6 Å². The molecule has 1 amide bonds. The Morgan fingerprint density at radius 1 is 1.20 bits per heavy atom. The van der Waals surface area contributed by atoms with Crippen LogP contribution in [0.25, 0.3) is 0 Å². The van der Waals surface area contributed by atoms with Gasteiger partial charge in [0, 0.05) is 23.4 Å². The van der Waals surface area contributed by atoms with Gasteiger partial charge in [-0.05, 0) is 80.5 Å². The molecule has 2 heterocycles. The van der Waals surface area contributed by atoms with Gasteiger partial charge in [0.25, 0.3) is 5.91 Å². The van der Waals surface area contributed by atoms with Crippen LogP contribution >= 0.6 is 0 Å². The largest absolute Gasteiger partial charge is 0.351 e. The summed E-state index contributed by atoms with van der Waals surface area (Å²) in [7, 11) is 0. The number of aryl methyl sites for hydroxylation is 1. The zero-order chi connectivity index (χ0) is 20.7. The average Bonchev–Trinajstić information content (AvgIpc) is 3.54. The number of carbonyl (C=O) groups is 1. The number of fused-ring (bicyclic) bond motifs is 1. The predicted octanol–water partition coefficient (Wildman–Crippen LogP) is 3.97. The number of carbonyl (C=O) groups excluding carboxylic acids is 1. The van der Waals surface area contributed by atoms with Crippen LogP contribution in [0.4, 0.5) is 4.39 Å². The molecule has 30 heavy (non-hydrogen) atoms. The first-order chi connectivity index (χ1) is 14.5. The van der Waals surface area contributed by atoms with E-state index in [9.17, 15) is 9.18 Å². The van der Waals surface area contributed by atoms with Crippen LogP contribution in [0.15, 0.2) is 53.2 Å². The van der Waals surface area contributed by atoms with Gasteiger partial charge in [0.1, 0.15) is 5.82 Å². The maximum atomic E-state index is 13.2. The van der Waals surface area contributed by atoms with Gasteiger partial charge in [0.05, 0.1) is 23.6 Å². The lowest BCUT2D eigenvalue weighted by molar-refractivity contribution is 0.0929. The molecule has 1 fully saturated rings. The van der Waals surface area contributed by atoms with Gasteiger partial charge >= 0.3 is 0 Å². The van der Waals surface area contributed by atoms with Gasteiger partial charge in [-0.3, -0.25) is 14.8 Å². The monoisotopic (exact) mass is 404 g/mol. The highest BCUT2D eigenvalue weighted by atomic mass is 19.1. The number of nitrogens with one attached hydrogen (secondary N) is 2. The number of aliphatic imine (C=N–C) groups is 1. The van der Waals surface area contributed by atoms with E-state index in [1.165, 1.54) is 35.4 Å². The fourth-order valence-corrected chi connectivity index (χ4v) is 4.48. The number of pyridine rings is 1. The number of aromatic nitrogens is 1. The molecule has 0 saturated heterocycles. The van der Waals surface area contributed by atoms with Crippen molar-refractivity contribution < 1.29 is 9.18 Å². The highest BCUT2D eigenvalue weighted by molar-refractivity contribution is 5.95. The molecule has 1 aromatic heterocycles. The molecule has 0 spiro atoms. The van der Waals surface area contributed by atoms with Crippen LogP contribution in [0, 0.1) is 5.82 Å². The number of amides is 1. The second kappa shape index (κ2) is 7.35. The Kier molecular flexibility index (Phi) is 4.65. The molecule has 2 aromatic rings. The fraction of sp³-hybridized carbons (Fsp3) is 0.375. The van der Waals surface area contributed by atoms with Gasteiger partial charge in [-0.25, -0.2) is 4.39 Å². The van der Waals surface area contributed by atoms with Crippen molar-refractivity contribution in [2.45, 2.75) is 50.5 Å². The van der Waals surface area contributed by atoms with E-state index in [2.05, 4.69) is 34.0 Å². The van der Waals surface area contributed by atoms with Crippen molar-refractivity contribution in [2.75, 3.05) is 6.54 Å². The third kappa shape index (κ3) is 3.51. The summed E-state index contributed by atoms with van der Waals surface area (Å²) in [5, 5.41) is 6.39. The lowest BCUT2D eigenvalue weighted by Crippen LogP contribution is -2.36. The first-order valence-corrected chi connectivity index (χ1v) is 10.6. The summed E-state index contributed by atoms with van der Waals surface area (Å²) in [6.45, 7) is 2.72. The molecular weight excluding hydrogens is 379 g/mol. The summed E-state index contributed by atoms with van der Waals surface area (Å²) in [5.74, 6) is 0.777. The van der Waals surface area contributed by atoms with Crippen molar-refractivity contribution in [3.8, 4) is 0 Å². The Morgan fingerprint density at radius 2 is 2.00 bits per heavy atom. The number of hydrogen-bond acceptors (Lipinski definition) is 4. The van der Waals surface area contributed by atoms with Gasteiger partial charge in [-0.2, -0.15) is 0 Å². The summed E-state index contributed by atoms with van der Waals surface area (Å²) < 4.78 is 13.2. The Bertz CT molecular complexity index is 1050. The maximum absolute atomic E-state index is 13.2. The van der Waals surface area contributed by atoms with Crippen molar-refractivity contribution in [3.63, 3.8) is 0 Å². The van der Waals surface area contributed by atoms with E-state index in [1.54, 1.807) is 0 Å². The number of halogens is 1. The van der Waals surface area contributed by atoms with Gasteiger partial charge in [0.15, 0.2) is 0 Å². The van der Waals surface area contributed by atoms with Gasteiger partial charge < -0.3 is 10.6 Å². The Morgan fingerprint density at radius 3 is 2.70 bits per heavy atom. The predicted molar refractivity (Wildman–Crippen MR) is 114 cm³/mol. The third-order valence-electron chi connectivity index (χ3n) is 6.40. The Labute approximate surface area is 175 Å². The zero-order valence-electron chi connectivity index (χ0n) is 17.0. The third-order valence-corrected chi connectivity index (χ3v) is 6.40. The standard InChI is InChI=1S/C24H25FN4O/c1-15-26-13-17(14-27-15)19-3-2-4-21-20(19)9-10-22(28-21)24(11-12-24)29-23(30)16-5-7-18(25)8-6-16/h5-10,13,19H,2-4,11-12,14H2,1H3,(H,26,27)(H,29,30). The molecule has 3 aliphatic rings. The number of benzene rings is 1. The van der Waals surface area contributed by atoms with Gasteiger partial charge in [0.2, 0.25) is 0 Å². The van der Waals surface area contributed by atoms with Crippen molar-refractivity contribution in [1.29, 1.82) is 0 Å². The molecule has 1 saturated carbocycles. The first kappa shape index (κ1) is 19.0. The molecule has 1 aromatic carbocycles. The minimum Gasteiger partial charge on any atom is -0.351 e. The highest BCUT2D eigenvalue weighted by Gasteiger charge is 2.47. The smallest absolute Gasteiger partial charge is 0.252 e. The minimum absolute atomic E-state index is 0.184. The minimum atomic E-state index is -0.402. The maximum Gasteiger partial charge on any atom is 0.252 e. The van der Waals surface area contributed by atoms with E-state index in [0.29, 0.717) is 11.5 Å². The lowest BCUT2D eigenvalue weighted by atomic mass is 9.80. The molecule has 0 bridgehead atoms. The molecule has 1 atom stereocenters. The normalized spacial score (nSPS) is 21.6. The van der Waals surface area contributed by atoms with Crippen molar-refractivity contribution in [2.24, 2.45) is 4.99 Å². The first-order valence-electron chi connectivity index (χ1n) is 10.6. The zero-order valence-corrected chi connectivity index (χ0v) is 17.0. The number of rotatable bonds is 4. The molecule has 2 N–H and O–H groups in total. The van der Waals surface area contributed by atoms with Crippen LogP contribution in [0.3, 0.4) is 0 Å². The van der Waals surface area contributed by atoms with Crippen LogP contribution in [-0.2, 0) is 12.0 Å². The van der Waals surface area contributed by atoms with Crippen LogP contribution in [-0.4, -0.2) is 23.3 Å². The van der Waals surface area contributed by atoms with Crippen LogP contribution in [0.5, 0.6) is 0 Å². The summed E-state index contributed by atoms with van der Waals surface area (Å²) in [6, 6.07) is 9.92. The molecule has 0 radical (unpaired) electrons. The topological polar surface area (TPSA) is 66.4 Å². The van der Waals surface area contributed by atoms with E-state index in [4.69, 9.17) is 4.98 Å². The Balaban J connectivity index is 1.37. The van der Waals surface area contributed by atoms with E-state index in [1.807, 2.05) is 6.92 Å². The van der Waals surface area contributed by atoms with Gasteiger partial charge in [-0.15, -0.1) is 0 Å². The quantitative estimate of drug-likeness (QED) is 0.811. The van der Waals surface area contributed by atoms with Crippen molar-refractivity contribution >= 4 is 11.7 Å². The van der Waals surface area contributed by atoms with Crippen molar-refractivity contribution in [1.82, 2.24) is 15.6 Å². The summed E-state index contributed by atoms with van der Waals surface area (Å²) in [6.07, 6.45) is 7.02. The van der Waals surface area contributed by atoms with Crippen molar-refractivity contribution in [3.05, 3.63) is 76.5 Å². The molecule has 1 aliphatic heterocycles. The molecular formula is C24H25FN4O. The van der Waals surface area contributed by atoms with Crippen LogP contribution in [0.1, 0.15) is 65.8 Å². The van der Waals surface area contributed by atoms with E-state index < -0.39 is 5.54 Å². The molecule has 1 unspecified atom stereocenters. The van der Waals surface area contributed by atoms with E-state index in [-0.39, 0.29) is 11.7 Å². The van der Waals surface area contributed by atoms with E-state index >= 15 is 0 Å². The van der Waals surface area contributed by atoms with E-state index in [0.717, 1.165) is 55.9 Å². The molecule has 154 valence electrons. The SMILES string of the molecule is CC1=NCC(C2CCCc3nc(C4(NC(=O)c5ccc(F)cc5)CC4)ccc32)=CN1. The molecule has 6 heteroatoms. The summed E-state index contributed by atoms with van der Waals surface area (Å²) >= 11 is 0. The molecule has 5 rings (SSSR count). The van der Waals surface area contributed by atoms with Crippen LogP contribution in [0.2, 0.25) is 0 Å². The highest BCUT2D eigenvalue weighted by Crippen LogP contribution is 2.46. The number of hydrogen-bond donors (Lipinski definition) is 2. The summed E-state index contributed by atoms with van der Waals surface area (Å²) in [5.41, 5.74) is 4.73. The second-order valence-corrected chi connectivity index (χ2v) is 8.49. The van der Waals surface area contributed by atoms with Gasteiger partial charge in [-0.1, -0.05) is 6.07 Å². The number of amidine groups is 1. The average molecular weight is 404 g/mol.